The second kappa shape index (κ2) is 8.05. The van der Waals surface area contributed by atoms with Gasteiger partial charge >= 0.3 is 0 Å². The Morgan fingerprint density at radius 1 is 0.724 bits per heavy atom. The minimum atomic E-state index is -0.118. The summed E-state index contributed by atoms with van der Waals surface area (Å²) >= 11 is 0. The highest BCUT2D eigenvalue weighted by molar-refractivity contribution is 6.05. The topological polar surface area (TPSA) is 51.3 Å². The van der Waals surface area contributed by atoms with Gasteiger partial charge in [0.1, 0.15) is 37.8 Å². The number of benzene rings is 2. The van der Waals surface area contributed by atoms with E-state index in [9.17, 15) is 4.79 Å². The van der Waals surface area contributed by atoms with Gasteiger partial charge in [0.05, 0.1) is 53.2 Å². The quantitative estimate of drug-likeness (QED) is 0.468. The minimum Gasteiger partial charge on any atom is -0.488 e. The Hall–Kier alpha value is -2.57. The molecule has 0 saturated heterocycles. The third-order valence-electron chi connectivity index (χ3n) is 4.83. The average Bonchev–Trinajstić information content (AvgIpc) is 2.60. The van der Waals surface area contributed by atoms with Gasteiger partial charge in [0.2, 0.25) is 0 Å². The molecule has 0 atom stereocenters. The monoisotopic (exact) mass is 399 g/mol. The molecule has 0 saturated carbocycles. The molecule has 29 heavy (non-hydrogen) atoms. The number of quaternary nitrogens is 2. The first kappa shape index (κ1) is 21.1. The standard InChI is InChI=1S/C23H32N3O3/c1-25(2,3)11-13-28-17-7-9-19-20-10-8-18(29-14-12-26(4,5)6)16-22(20)24-23(27)21(19)15-17/h7-10,15-16H,11-14H2,1-6H3/q+1/p+1. The number of fused-ring (bicyclic) bond motifs is 3. The molecule has 0 amide bonds. The fourth-order valence-corrected chi connectivity index (χ4v) is 3.05. The predicted molar refractivity (Wildman–Crippen MR) is 119 cm³/mol. The average molecular weight is 400 g/mol. The fourth-order valence-electron chi connectivity index (χ4n) is 3.05. The number of rotatable bonds is 8. The zero-order valence-electron chi connectivity index (χ0n) is 18.4. The molecule has 1 aromatic heterocycles. The summed E-state index contributed by atoms with van der Waals surface area (Å²) in [6.45, 7) is 3.03. The summed E-state index contributed by atoms with van der Waals surface area (Å²) in [6, 6.07) is 11.6. The van der Waals surface area contributed by atoms with Crippen LogP contribution in [0, 0.1) is 0 Å². The lowest BCUT2D eigenvalue weighted by molar-refractivity contribution is -0.870. The van der Waals surface area contributed by atoms with E-state index in [4.69, 9.17) is 9.47 Å². The van der Waals surface area contributed by atoms with Crippen molar-refractivity contribution in [3.8, 4) is 11.5 Å². The van der Waals surface area contributed by atoms with Gasteiger partial charge in [-0.05, 0) is 35.7 Å². The third kappa shape index (κ3) is 5.71. The molecule has 3 rings (SSSR count). The Morgan fingerprint density at radius 2 is 1.24 bits per heavy atom. The van der Waals surface area contributed by atoms with E-state index in [2.05, 4.69) is 47.3 Å². The first-order valence-electron chi connectivity index (χ1n) is 9.98. The molecule has 3 aromatic rings. The van der Waals surface area contributed by atoms with Crippen molar-refractivity contribution < 1.29 is 18.4 Å². The largest absolute Gasteiger partial charge is 0.488 e. The van der Waals surface area contributed by atoms with Gasteiger partial charge in [-0.3, -0.25) is 4.79 Å². The number of pyridine rings is 1. The highest BCUT2D eigenvalue weighted by Gasteiger charge is 2.11. The van der Waals surface area contributed by atoms with E-state index in [1.165, 1.54) is 0 Å². The zero-order chi connectivity index (χ0) is 21.2. The summed E-state index contributed by atoms with van der Waals surface area (Å²) in [7, 11) is 12.8. The number of aromatic amines is 1. The second-order valence-electron chi connectivity index (χ2n) is 9.59. The van der Waals surface area contributed by atoms with Crippen molar-refractivity contribution in [3.63, 3.8) is 0 Å². The van der Waals surface area contributed by atoms with Gasteiger partial charge in [0.15, 0.2) is 0 Å². The first-order valence-corrected chi connectivity index (χ1v) is 9.98. The van der Waals surface area contributed by atoms with Gasteiger partial charge < -0.3 is 23.4 Å². The van der Waals surface area contributed by atoms with Gasteiger partial charge in [0.25, 0.3) is 5.56 Å². The Kier molecular flexibility index (Phi) is 5.87. The van der Waals surface area contributed by atoms with Crippen LogP contribution < -0.4 is 15.0 Å². The van der Waals surface area contributed by atoms with Crippen LogP contribution in [0.2, 0.25) is 0 Å². The van der Waals surface area contributed by atoms with Crippen molar-refractivity contribution in [1.29, 1.82) is 0 Å². The smallest absolute Gasteiger partial charge is 0.256 e. The highest BCUT2D eigenvalue weighted by atomic mass is 16.5. The van der Waals surface area contributed by atoms with Crippen LogP contribution in [0.15, 0.2) is 41.2 Å². The van der Waals surface area contributed by atoms with Crippen LogP contribution in [-0.2, 0) is 0 Å². The van der Waals surface area contributed by atoms with Gasteiger partial charge in [-0.2, -0.15) is 0 Å². The van der Waals surface area contributed by atoms with Crippen LogP contribution in [0.4, 0.5) is 0 Å². The molecule has 0 bridgehead atoms. The fraction of sp³-hybridized carbons (Fsp3) is 0.435. The van der Waals surface area contributed by atoms with Crippen molar-refractivity contribution >= 4 is 21.7 Å². The summed E-state index contributed by atoms with van der Waals surface area (Å²) in [5.74, 6) is 1.48. The third-order valence-corrected chi connectivity index (χ3v) is 4.83. The van der Waals surface area contributed by atoms with Gasteiger partial charge in [-0.25, -0.2) is 0 Å². The van der Waals surface area contributed by atoms with Crippen molar-refractivity contribution in [1.82, 2.24) is 4.98 Å². The number of ether oxygens (including phenoxy) is 2. The van der Waals surface area contributed by atoms with Crippen LogP contribution in [0.5, 0.6) is 11.5 Å². The molecule has 0 radical (unpaired) electrons. The Morgan fingerprint density at radius 3 is 1.79 bits per heavy atom. The normalized spacial score (nSPS) is 12.5. The van der Waals surface area contributed by atoms with Crippen molar-refractivity contribution in [2.45, 2.75) is 0 Å². The molecule has 1 heterocycles. The molecule has 0 fully saturated rings. The van der Waals surface area contributed by atoms with Crippen LogP contribution >= 0.6 is 0 Å². The van der Waals surface area contributed by atoms with Gasteiger partial charge in [-0.1, -0.05) is 0 Å². The summed E-state index contributed by atoms with van der Waals surface area (Å²) < 4.78 is 13.4. The number of aromatic nitrogens is 1. The molecule has 0 unspecified atom stereocenters. The molecule has 0 aliphatic carbocycles. The summed E-state index contributed by atoms with van der Waals surface area (Å²) in [5.41, 5.74) is 0.664. The van der Waals surface area contributed by atoms with Gasteiger partial charge in [-0.15, -0.1) is 0 Å². The molecule has 6 heteroatoms. The van der Waals surface area contributed by atoms with E-state index in [0.717, 1.165) is 49.8 Å². The van der Waals surface area contributed by atoms with E-state index >= 15 is 0 Å². The molecular formula is C23H33N3O3+2. The number of likely N-dealkylation sites (N-methyl/N-ethyl adjacent to an activating group) is 2. The summed E-state index contributed by atoms with van der Waals surface area (Å²) in [6.07, 6.45) is 0. The molecule has 6 nitrogen and oxygen atoms in total. The Balaban J connectivity index is 1.84. The number of nitrogens with zero attached hydrogens (tertiary/aromatic N) is 2. The van der Waals surface area contributed by atoms with Crippen LogP contribution in [-0.4, -0.2) is 82.5 Å². The predicted octanol–water partition coefficient (Wildman–Crippen LogP) is 2.85. The second-order valence-corrected chi connectivity index (χ2v) is 9.59. The number of hydrogen-bond donors (Lipinski definition) is 1. The molecule has 156 valence electrons. The lowest BCUT2D eigenvalue weighted by Gasteiger charge is -2.23. The Bertz CT molecular complexity index is 1060. The number of hydrogen-bond acceptors (Lipinski definition) is 3. The first-order chi connectivity index (χ1) is 13.5. The zero-order valence-corrected chi connectivity index (χ0v) is 18.4. The van der Waals surface area contributed by atoms with E-state index in [0.29, 0.717) is 18.6 Å². The maximum atomic E-state index is 12.7. The SMILES string of the molecule is C[N+](C)(C)CCOc1ccc2c(c1)[nH]c(=O)c1cc(OCC[N+](C)(C)C)ccc12. The molecule has 0 aliphatic rings. The number of nitrogens with one attached hydrogen (secondary N) is 1. The van der Waals surface area contributed by atoms with E-state index in [1.54, 1.807) is 0 Å². The van der Waals surface area contributed by atoms with Crippen LogP contribution in [0.1, 0.15) is 0 Å². The van der Waals surface area contributed by atoms with Crippen LogP contribution in [0.25, 0.3) is 21.7 Å². The molecular weight excluding hydrogens is 366 g/mol. The van der Waals surface area contributed by atoms with Crippen LogP contribution in [0.3, 0.4) is 0 Å². The van der Waals surface area contributed by atoms with E-state index in [1.807, 2.05) is 36.4 Å². The lowest BCUT2D eigenvalue weighted by atomic mass is 10.1. The van der Waals surface area contributed by atoms with E-state index in [-0.39, 0.29) is 5.56 Å². The number of H-pyrrole nitrogens is 1. The summed E-state index contributed by atoms with van der Waals surface area (Å²) in [5, 5.41) is 2.55. The minimum absolute atomic E-state index is 0.118. The summed E-state index contributed by atoms with van der Waals surface area (Å²) in [4.78, 5) is 15.7. The molecule has 1 N–H and O–H groups in total. The van der Waals surface area contributed by atoms with Crippen molar-refractivity contribution in [3.05, 3.63) is 46.8 Å². The van der Waals surface area contributed by atoms with Gasteiger partial charge in [0, 0.05) is 11.5 Å². The van der Waals surface area contributed by atoms with Crippen molar-refractivity contribution in [2.24, 2.45) is 0 Å². The molecule has 0 aliphatic heterocycles. The maximum absolute atomic E-state index is 12.7. The van der Waals surface area contributed by atoms with E-state index < -0.39 is 0 Å². The Labute approximate surface area is 172 Å². The maximum Gasteiger partial charge on any atom is 0.256 e. The lowest BCUT2D eigenvalue weighted by Crippen LogP contribution is -2.38. The molecule has 2 aromatic carbocycles. The van der Waals surface area contributed by atoms with Crippen molar-refractivity contribution in [2.75, 3.05) is 68.6 Å². The molecule has 0 spiro atoms. The highest BCUT2D eigenvalue weighted by Crippen LogP contribution is 2.27.